The summed E-state index contributed by atoms with van der Waals surface area (Å²) < 4.78 is 25.1. The molecule has 182 valence electrons. The molecule has 2 aliphatic rings. The molecule has 0 unspecified atom stereocenters. The Morgan fingerprint density at radius 3 is 2.39 bits per heavy atom. The number of methoxy groups -OCH3 is 3. The number of nitrogens with zero attached hydrogens (tertiary/aromatic N) is 3. The first kappa shape index (κ1) is 22.0. The van der Waals surface area contributed by atoms with Crippen molar-refractivity contribution in [1.29, 1.82) is 0 Å². The van der Waals surface area contributed by atoms with Gasteiger partial charge in [-0.05, 0) is 54.4 Å². The van der Waals surface area contributed by atoms with E-state index in [9.17, 15) is 0 Å². The predicted octanol–water partition coefficient (Wildman–Crippen LogP) is 5.17. The number of aryl methyl sites for hydroxylation is 1. The van der Waals surface area contributed by atoms with E-state index in [2.05, 4.69) is 34.5 Å². The molecule has 8 heteroatoms. The SMILES string of the molecule is COc1ccc([C@@H]2Oc3ccc(C)cc3C3=C2[C@H](c2ccc(OC)c(OC)c2)n2ncnc2N3)cc1. The molecule has 36 heavy (non-hydrogen) atoms. The fourth-order valence-corrected chi connectivity index (χ4v) is 4.98. The Hall–Kier alpha value is -4.46. The molecule has 2 atom stereocenters. The van der Waals surface area contributed by atoms with E-state index in [0.29, 0.717) is 17.4 Å². The van der Waals surface area contributed by atoms with Gasteiger partial charge in [-0.3, -0.25) is 0 Å². The van der Waals surface area contributed by atoms with Crippen molar-refractivity contribution in [1.82, 2.24) is 14.8 Å². The zero-order valence-corrected chi connectivity index (χ0v) is 20.5. The third-order valence-electron chi connectivity index (χ3n) is 6.71. The Bertz CT molecular complexity index is 1480. The maximum absolute atomic E-state index is 6.70. The molecule has 4 aromatic rings. The average molecular weight is 483 g/mol. The van der Waals surface area contributed by atoms with Gasteiger partial charge in [0, 0.05) is 11.1 Å². The number of hydrogen-bond donors (Lipinski definition) is 1. The molecule has 0 aliphatic carbocycles. The lowest BCUT2D eigenvalue weighted by molar-refractivity contribution is 0.223. The van der Waals surface area contributed by atoms with Gasteiger partial charge in [0.2, 0.25) is 5.95 Å². The summed E-state index contributed by atoms with van der Waals surface area (Å²) in [4.78, 5) is 4.51. The highest BCUT2D eigenvalue weighted by Gasteiger charge is 2.41. The number of aromatic nitrogens is 3. The fraction of sp³-hybridized carbons (Fsp3) is 0.214. The topological polar surface area (TPSA) is 79.7 Å². The largest absolute Gasteiger partial charge is 0.497 e. The van der Waals surface area contributed by atoms with Crippen molar-refractivity contribution in [3.05, 3.63) is 94.8 Å². The van der Waals surface area contributed by atoms with Gasteiger partial charge in [-0.1, -0.05) is 29.8 Å². The van der Waals surface area contributed by atoms with Crippen molar-refractivity contribution < 1.29 is 18.9 Å². The van der Waals surface area contributed by atoms with Gasteiger partial charge in [0.25, 0.3) is 0 Å². The lowest BCUT2D eigenvalue weighted by Gasteiger charge is -2.39. The van der Waals surface area contributed by atoms with E-state index in [-0.39, 0.29) is 12.1 Å². The minimum Gasteiger partial charge on any atom is -0.497 e. The summed E-state index contributed by atoms with van der Waals surface area (Å²) in [5.74, 6) is 3.57. The summed E-state index contributed by atoms with van der Waals surface area (Å²) >= 11 is 0. The molecular formula is C28H26N4O4. The number of ether oxygens (including phenoxy) is 4. The van der Waals surface area contributed by atoms with E-state index in [1.165, 1.54) is 0 Å². The van der Waals surface area contributed by atoms with E-state index in [4.69, 9.17) is 18.9 Å². The molecule has 0 spiro atoms. The predicted molar refractivity (Wildman–Crippen MR) is 136 cm³/mol. The monoisotopic (exact) mass is 482 g/mol. The molecule has 3 aromatic carbocycles. The Labute approximate surface area is 209 Å². The van der Waals surface area contributed by atoms with Crippen LogP contribution < -0.4 is 24.3 Å². The van der Waals surface area contributed by atoms with Crippen molar-refractivity contribution in [2.75, 3.05) is 26.6 Å². The van der Waals surface area contributed by atoms with Gasteiger partial charge in [-0.2, -0.15) is 10.1 Å². The Morgan fingerprint density at radius 2 is 1.64 bits per heavy atom. The van der Waals surface area contributed by atoms with E-state index in [1.807, 2.05) is 53.2 Å². The van der Waals surface area contributed by atoms with Gasteiger partial charge < -0.3 is 24.3 Å². The minimum atomic E-state index is -0.371. The smallest absolute Gasteiger partial charge is 0.226 e. The molecule has 2 aliphatic heterocycles. The van der Waals surface area contributed by atoms with Gasteiger partial charge in [0.1, 0.15) is 30.0 Å². The van der Waals surface area contributed by atoms with Crippen LogP contribution in [0.1, 0.15) is 34.4 Å². The summed E-state index contributed by atoms with van der Waals surface area (Å²) in [6.45, 7) is 2.08. The molecule has 0 fully saturated rings. The summed E-state index contributed by atoms with van der Waals surface area (Å²) in [5.41, 5.74) is 6.12. The van der Waals surface area contributed by atoms with Gasteiger partial charge in [-0.25, -0.2) is 4.68 Å². The van der Waals surface area contributed by atoms with Crippen LogP contribution in [0, 0.1) is 6.92 Å². The number of fused-ring (bicyclic) bond motifs is 3. The molecule has 6 rings (SSSR count). The minimum absolute atomic E-state index is 0.292. The molecule has 1 N–H and O–H groups in total. The van der Waals surface area contributed by atoms with Crippen LogP contribution in [0.15, 0.2) is 72.6 Å². The highest BCUT2D eigenvalue weighted by molar-refractivity contribution is 5.85. The van der Waals surface area contributed by atoms with Gasteiger partial charge in [-0.15, -0.1) is 0 Å². The zero-order valence-electron chi connectivity index (χ0n) is 20.5. The third kappa shape index (κ3) is 3.45. The molecule has 0 radical (unpaired) electrons. The molecule has 0 bridgehead atoms. The van der Waals surface area contributed by atoms with Crippen molar-refractivity contribution in [2.24, 2.45) is 0 Å². The third-order valence-corrected chi connectivity index (χ3v) is 6.71. The van der Waals surface area contributed by atoms with Crippen molar-refractivity contribution >= 4 is 11.6 Å². The van der Waals surface area contributed by atoms with Gasteiger partial charge in [0.15, 0.2) is 11.5 Å². The van der Waals surface area contributed by atoms with Crippen LogP contribution in [-0.4, -0.2) is 36.1 Å². The number of nitrogens with one attached hydrogen (secondary N) is 1. The summed E-state index contributed by atoms with van der Waals surface area (Å²) in [6.07, 6.45) is 1.19. The molecule has 8 nitrogen and oxygen atoms in total. The molecule has 1 aromatic heterocycles. The summed E-state index contributed by atoms with van der Waals surface area (Å²) in [5, 5.41) is 8.14. The maximum Gasteiger partial charge on any atom is 0.226 e. The second kappa shape index (κ2) is 8.64. The van der Waals surface area contributed by atoms with E-state index in [1.54, 1.807) is 27.7 Å². The van der Waals surface area contributed by atoms with Crippen LogP contribution in [-0.2, 0) is 0 Å². The quantitative estimate of drug-likeness (QED) is 0.420. The molecule has 3 heterocycles. The van der Waals surface area contributed by atoms with Gasteiger partial charge >= 0.3 is 0 Å². The second-order valence-corrected chi connectivity index (χ2v) is 8.77. The standard InChI is InChI=1S/C28H26N4O4/c1-16-5-11-21-20(13-16)25-24(27(36-21)17-6-9-19(33-2)10-7-17)26(32-28(31-25)29-15-30-32)18-8-12-22(34-3)23(14-18)35-4/h5-15,26-27H,1-4H3,(H,29,30,31)/t26-,27-/m0/s1. The van der Waals surface area contributed by atoms with Crippen molar-refractivity contribution in [3.63, 3.8) is 0 Å². The number of benzene rings is 3. The zero-order chi connectivity index (χ0) is 24.8. The van der Waals surface area contributed by atoms with Crippen LogP contribution in [0.2, 0.25) is 0 Å². The van der Waals surface area contributed by atoms with Crippen LogP contribution in [0.25, 0.3) is 5.70 Å². The normalized spacial score (nSPS) is 17.8. The number of rotatable bonds is 5. The van der Waals surface area contributed by atoms with Crippen LogP contribution in [0.5, 0.6) is 23.0 Å². The first-order valence-electron chi connectivity index (χ1n) is 11.7. The summed E-state index contributed by atoms with van der Waals surface area (Å²) in [6, 6.07) is 19.8. The van der Waals surface area contributed by atoms with Crippen LogP contribution in [0.3, 0.4) is 0 Å². The molecule has 0 amide bonds. The Morgan fingerprint density at radius 1 is 0.861 bits per heavy atom. The first-order valence-corrected chi connectivity index (χ1v) is 11.7. The number of anilines is 1. The second-order valence-electron chi connectivity index (χ2n) is 8.77. The fourth-order valence-electron chi connectivity index (χ4n) is 4.98. The Balaban J connectivity index is 1.60. The van der Waals surface area contributed by atoms with Crippen LogP contribution in [0.4, 0.5) is 5.95 Å². The summed E-state index contributed by atoms with van der Waals surface area (Å²) in [7, 11) is 4.93. The highest BCUT2D eigenvalue weighted by Crippen LogP contribution is 2.51. The first-order chi connectivity index (χ1) is 17.6. The molecular weight excluding hydrogens is 456 g/mol. The Kier molecular flexibility index (Phi) is 5.29. The van der Waals surface area contributed by atoms with Crippen molar-refractivity contribution in [2.45, 2.75) is 19.1 Å². The number of hydrogen-bond acceptors (Lipinski definition) is 7. The highest BCUT2D eigenvalue weighted by atomic mass is 16.5. The van der Waals surface area contributed by atoms with E-state index < -0.39 is 0 Å². The average Bonchev–Trinajstić information content (AvgIpc) is 3.39. The molecule has 0 saturated heterocycles. The van der Waals surface area contributed by atoms with Gasteiger partial charge in [0.05, 0.1) is 27.0 Å². The maximum atomic E-state index is 6.70. The molecule has 0 saturated carbocycles. The lowest BCUT2D eigenvalue weighted by Crippen LogP contribution is -2.32. The van der Waals surface area contributed by atoms with Crippen LogP contribution >= 0.6 is 0 Å². The lowest BCUT2D eigenvalue weighted by atomic mass is 9.84. The van der Waals surface area contributed by atoms with E-state index in [0.717, 1.165) is 45.0 Å². The van der Waals surface area contributed by atoms with E-state index >= 15 is 0 Å². The van der Waals surface area contributed by atoms with Crippen molar-refractivity contribution in [3.8, 4) is 23.0 Å².